The third kappa shape index (κ3) is 13.6. The first-order chi connectivity index (χ1) is 8.49. The van der Waals surface area contributed by atoms with Crippen molar-refractivity contribution in [1.29, 1.82) is 0 Å². The van der Waals surface area contributed by atoms with E-state index in [-0.39, 0.29) is 5.54 Å². The van der Waals surface area contributed by atoms with E-state index in [1.165, 1.54) is 12.8 Å². The van der Waals surface area contributed by atoms with Crippen LogP contribution in [0.3, 0.4) is 0 Å². The summed E-state index contributed by atoms with van der Waals surface area (Å²) in [5, 5.41) is 0. The molecule has 0 saturated carbocycles. The first-order valence-electron chi connectivity index (χ1n) is 6.13. The molecule has 1 aromatic rings. The molecule has 0 amide bonds. The first-order valence-corrected chi connectivity index (χ1v) is 8.16. The zero-order valence-corrected chi connectivity index (χ0v) is 12.9. The van der Waals surface area contributed by atoms with Gasteiger partial charge in [0.05, 0.1) is 6.54 Å². The predicted octanol–water partition coefficient (Wildman–Crippen LogP) is 5.71. The molecule has 20 heavy (non-hydrogen) atoms. The van der Waals surface area contributed by atoms with E-state index in [2.05, 4.69) is 55.6 Å². The molecule has 0 radical (unpaired) electrons. The van der Waals surface area contributed by atoms with Crippen LogP contribution in [0.25, 0.3) is 0 Å². The van der Waals surface area contributed by atoms with E-state index in [4.69, 9.17) is 0 Å². The average molecular weight is 326 g/mol. The third-order valence-corrected chi connectivity index (χ3v) is 2.24. The van der Waals surface area contributed by atoms with Gasteiger partial charge in [-0.15, -0.1) is 0 Å². The second kappa shape index (κ2) is 5.20. The molecule has 0 bridgehead atoms. The van der Waals surface area contributed by atoms with E-state index in [9.17, 15) is 25.2 Å². The molecular weight excluding hydrogens is 305 g/mol. The summed E-state index contributed by atoms with van der Waals surface area (Å²) >= 11 is 0. The second-order valence-electron chi connectivity index (χ2n) is 5.54. The number of unbranched alkanes of at least 4 members (excludes halogenated alkanes) is 1. The SMILES string of the molecule is CCCC[n+]1ccn(C(C)(C)C)c1.F[P-](F)(F)(F)(F)F. The monoisotopic (exact) mass is 326 g/mol. The van der Waals surface area contributed by atoms with Crippen molar-refractivity contribution >= 4 is 7.81 Å². The summed E-state index contributed by atoms with van der Waals surface area (Å²) in [5.74, 6) is 0. The van der Waals surface area contributed by atoms with Gasteiger partial charge in [-0.1, -0.05) is 13.3 Å². The number of rotatable bonds is 3. The van der Waals surface area contributed by atoms with Crippen molar-refractivity contribution in [2.75, 3.05) is 0 Å². The fourth-order valence-corrected chi connectivity index (χ4v) is 1.26. The van der Waals surface area contributed by atoms with Gasteiger partial charge in [-0.05, 0) is 27.2 Å². The van der Waals surface area contributed by atoms with Gasteiger partial charge in [-0.25, -0.2) is 9.13 Å². The molecule has 0 fully saturated rings. The van der Waals surface area contributed by atoms with Gasteiger partial charge in [0, 0.05) is 0 Å². The predicted molar refractivity (Wildman–Crippen MR) is 68.1 cm³/mol. The van der Waals surface area contributed by atoms with Gasteiger partial charge in [-0.2, -0.15) is 0 Å². The van der Waals surface area contributed by atoms with Crippen molar-refractivity contribution in [2.45, 2.75) is 52.6 Å². The van der Waals surface area contributed by atoms with Gasteiger partial charge >= 0.3 is 33.0 Å². The Kier molecular flexibility index (Phi) is 5.00. The van der Waals surface area contributed by atoms with Gasteiger partial charge in [-0.3, -0.25) is 0 Å². The van der Waals surface area contributed by atoms with Crippen LogP contribution in [-0.2, 0) is 12.1 Å². The zero-order chi connectivity index (χ0) is 16.3. The van der Waals surface area contributed by atoms with Crippen LogP contribution in [0, 0.1) is 0 Å². The molecule has 2 nitrogen and oxygen atoms in total. The van der Waals surface area contributed by atoms with Crippen LogP contribution in [0.5, 0.6) is 0 Å². The van der Waals surface area contributed by atoms with E-state index >= 15 is 0 Å². The number of aromatic nitrogens is 2. The van der Waals surface area contributed by atoms with Crippen LogP contribution in [0.2, 0.25) is 0 Å². The molecule has 0 spiro atoms. The molecule has 0 unspecified atom stereocenters. The summed E-state index contributed by atoms with van der Waals surface area (Å²) in [5.41, 5.74) is 0.206. The van der Waals surface area contributed by atoms with Crippen LogP contribution in [0.4, 0.5) is 25.2 Å². The Morgan fingerprint density at radius 1 is 1.05 bits per heavy atom. The molecule has 0 saturated heterocycles. The van der Waals surface area contributed by atoms with Gasteiger partial charge in [0.1, 0.15) is 17.9 Å². The second-order valence-corrected chi connectivity index (χ2v) is 7.46. The van der Waals surface area contributed by atoms with E-state index < -0.39 is 7.81 Å². The Morgan fingerprint density at radius 2 is 1.50 bits per heavy atom. The summed E-state index contributed by atoms with van der Waals surface area (Å²) in [4.78, 5) is 0. The summed E-state index contributed by atoms with van der Waals surface area (Å²) in [6.45, 7) is 10.0. The summed E-state index contributed by atoms with van der Waals surface area (Å²) < 4.78 is 63.7. The molecule has 0 aliphatic rings. The minimum atomic E-state index is -10.7. The van der Waals surface area contributed by atoms with Crippen molar-refractivity contribution < 1.29 is 29.7 Å². The summed E-state index contributed by atoms with van der Waals surface area (Å²) in [6, 6.07) is 0. The van der Waals surface area contributed by atoms with E-state index in [1.54, 1.807) is 0 Å². The standard InChI is InChI=1S/C11H21N2.F6P/c1-5-6-7-12-8-9-13(10-12)11(2,3)4;1-7(2,3,4,5)6/h8-10H,5-7H2,1-4H3;/q+1;-1. The Balaban J connectivity index is 0.000000441. The van der Waals surface area contributed by atoms with Crippen LogP contribution in [-0.4, -0.2) is 4.57 Å². The van der Waals surface area contributed by atoms with E-state index in [0.29, 0.717) is 0 Å². The van der Waals surface area contributed by atoms with Crippen molar-refractivity contribution in [2.24, 2.45) is 0 Å². The third-order valence-electron chi connectivity index (χ3n) is 2.24. The van der Waals surface area contributed by atoms with Crippen molar-refractivity contribution in [3.05, 3.63) is 18.7 Å². The maximum absolute atomic E-state index is 10.7. The number of aryl methyl sites for hydroxylation is 1. The molecule has 0 atom stereocenters. The van der Waals surface area contributed by atoms with E-state index in [1.807, 2.05) is 0 Å². The van der Waals surface area contributed by atoms with Crippen molar-refractivity contribution in [3.63, 3.8) is 0 Å². The molecule has 0 aliphatic carbocycles. The Labute approximate surface area is 114 Å². The molecule has 0 N–H and O–H groups in total. The van der Waals surface area contributed by atoms with Gasteiger partial charge in [0.25, 0.3) is 0 Å². The molecule has 9 heteroatoms. The normalized spacial score (nSPS) is 15.9. The summed E-state index contributed by atoms with van der Waals surface area (Å²) in [6.07, 6.45) is 9.01. The van der Waals surface area contributed by atoms with Crippen LogP contribution < -0.4 is 4.57 Å². The van der Waals surface area contributed by atoms with Crippen LogP contribution >= 0.6 is 7.81 Å². The average Bonchev–Trinajstić information content (AvgIpc) is 2.56. The number of hydrogen-bond acceptors (Lipinski definition) is 0. The maximum atomic E-state index is 9.87. The summed E-state index contributed by atoms with van der Waals surface area (Å²) in [7, 11) is -10.7. The van der Waals surface area contributed by atoms with Gasteiger partial charge in [0.2, 0.25) is 6.33 Å². The van der Waals surface area contributed by atoms with Crippen LogP contribution in [0.1, 0.15) is 40.5 Å². The topological polar surface area (TPSA) is 8.81 Å². The molecule has 1 rings (SSSR count). The van der Waals surface area contributed by atoms with Crippen LogP contribution in [0.15, 0.2) is 18.7 Å². The minimum absolute atomic E-state index is 0.206. The van der Waals surface area contributed by atoms with Gasteiger partial charge in [0.15, 0.2) is 0 Å². The van der Waals surface area contributed by atoms with E-state index in [0.717, 1.165) is 6.54 Å². The molecule has 0 aliphatic heterocycles. The molecule has 122 valence electrons. The zero-order valence-electron chi connectivity index (χ0n) is 12.0. The Morgan fingerprint density at radius 3 is 1.80 bits per heavy atom. The molecule has 1 aromatic heterocycles. The molecule has 1 heterocycles. The molecular formula is C11H21F6N2P. The number of halogens is 6. The fraction of sp³-hybridized carbons (Fsp3) is 0.727. The number of hydrogen-bond donors (Lipinski definition) is 0. The first kappa shape index (κ1) is 19.2. The number of imidazole rings is 1. The Hall–Kier alpha value is -0.780. The number of nitrogens with zero attached hydrogens (tertiary/aromatic N) is 2. The van der Waals surface area contributed by atoms with Crippen molar-refractivity contribution in [3.8, 4) is 0 Å². The quantitative estimate of drug-likeness (QED) is 0.382. The fourth-order valence-electron chi connectivity index (χ4n) is 1.26. The van der Waals surface area contributed by atoms with Crippen molar-refractivity contribution in [1.82, 2.24) is 4.57 Å². The van der Waals surface area contributed by atoms with Gasteiger partial charge < -0.3 is 0 Å². The Bertz CT molecular complexity index is 417. The molecule has 0 aromatic carbocycles.